The number of anilines is 1. The minimum atomic E-state index is 0.0294. The number of aryl methyl sites for hydroxylation is 1. The van der Waals surface area contributed by atoms with Crippen molar-refractivity contribution in [3.05, 3.63) is 17.6 Å². The Hall–Kier alpha value is -0.830. The van der Waals surface area contributed by atoms with E-state index in [0.717, 1.165) is 17.2 Å². The molecule has 0 atom stereocenters. The van der Waals surface area contributed by atoms with E-state index >= 15 is 0 Å². The highest BCUT2D eigenvalue weighted by Gasteiger charge is 2.21. The molecule has 0 aliphatic heterocycles. The molecule has 0 bridgehead atoms. The largest absolute Gasteiger partial charge is 0.354 e. The third-order valence-corrected chi connectivity index (χ3v) is 2.72. The molecule has 1 aromatic rings. The van der Waals surface area contributed by atoms with Crippen molar-refractivity contribution >= 4 is 17.4 Å². The van der Waals surface area contributed by atoms with Crippen LogP contribution in [0.4, 0.5) is 5.82 Å². The fourth-order valence-electron chi connectivity index (χ4n) is 1.19. The zero-order valence-electron chi connectivity index (χ0n) is 10.0. The molecule has 1 heterocycles. The van der Waals surface area contributed by atoms with Crippen LogP contribution in [0.1, 0.15) is 32.2 Å². The van der Waals surface area contributed by atoms with Crippen LogP contribution in [0.15, 0.2) is 6.20 Å². The summed E-state index contributed by atoms with van der Waals surface area (Å²) in [7, 11) is 2.03. The summed E-state index contributed by atoms with van der Waals surface area (Å²) >= 11 is 5.87. The molecular formula is C11H18ClN3. The molecule has 15 heavy (non-hydrogen) atoms. The lowest BCUT2D eigenvalue weighted by molar-refractivity contribution is 0.531. The Labute approximate surface area is 96.5 Å². The summed E-state index contributed by atoms with van der Waals surface area (Å²) in [4.78, 5) is 10.7. The zero-order chi connectivity index (χ0) is 11.6. The van der Waals surface area contributed by atoms with Gasteiger partial charge in [-0.15, -0.1) is 11.6 Å². The van der Waals surface area contributed by atoms with Gasteiger partial charge in [-0.25, -0.2) is 9.97 Å². The lowest BCUT2D eigenvalue weighted by Gasteiger charge is -2.34. The standard InChI is InChI=1S/C11H18ClN3/c1-8-13-7-9(6-12)10(14-8)15(5)11(2,3)4/h7H,6H2,1-5H3. The lowest BCUT2D eigenvalue weighted by atomic mass is 10.1. The van der Waals surface area contributed by atoms with Crippen molar-refractivity contribution in [2.75, 3.05) is 11.9 Å². The molecular weight excluding hydrogens is 210 g/mol. The average molecular weight is 228 g/mol. The molecule has 1 aromatic heterocycles. The maximum atomic E-state index is 5.87. The molecule has 3 nitrogen and oxygen atoms in total. The highest BCUT2D eigenvalue weighted by molar-refractivity contribution is 6.17. The topological polar surface area (TPSA) is 29.0 Å². The summed E-state index contributed by atoms with van der Waals surface area (Å²) in [6.07, 6.45) is 1.80. The fourth-order valence-corrected chi connectivity index (χ4v) is 1.37. The van der Waals surface area contributed by atoms with E-state index in [1.165, 1.54) is 0 Å². The quantitative estimate of drug-likeness (QED) is 0.728. The molecule has 0 aliphatic carbocycles. The molecule has 0 spiro atoms. The van der Waals surface area contributed by atoms with Crippen molar-refractivity contribution in [1.82, 2.24) is 9.97 Å². The van der Waals surface area contributed by atoms with Crippen LogP contribution in [0.25, 0.3) is 0 Å². The Morgan fingerprint density at radius 1 is 1.40 bits per heavy atom. The van der Waals surface area contributed by atoms with Gasteiger partial charge in [-0.3, -0.25) is 0 Å². The van der Waals surface area contributed by atoms with E-state index in [4.69, 9.17) is 11.6 Å². The van der Waals surface area contributed by atoms with Crippen LogP contribution in [0.2, 0.25) is 0 Å². The number of hydrogen-bond acceptors (Lipinski definition) is 3. The number of alkyl halides is 1. The molecule has 0 aliphatic rings. The van der Waals surface area contributed by atoms with Crippen molar-refractivity contribution < 1.29 is 0 Å². The van der Waals surface area contributed by atoms with Crippen LogP contribution >= 0.6 is 11.6 Å². The maximum Gasteiger partial charge on any atom is 0.136 e. The van der Waals surface area contributed by atoms with Crippen molar-refractivity contribution in [1.29, 1.82) is 0 Å². The summed E-state index contributed by atoms with van der Waals surface area (Å²) < 4.78 is 0. The Balaban J connectivity index is 3.17. The smallest absolute Gasteiger partial charge is 0.136 e. The van der Waals surface area contributed by atoms with E-state index in [-0.39, 0.29) is 5.54 Å². The second kappa shape index (κ2) is 4.35. The number of aromatic nitrogens is 2. The molecule has 4 heteroatoms. The van der Waals surface area contributed by atoms with Crippen molar-refractivity contribution in [2.45, 2.75) is 39.1 Å². The first kappa shape index (κ1) is 12.2. The second-order valence-electron chi connectivity index (χ2n) is 4.63. The van der Waals surface area contributed by atoms with Gasteiger partial charge in [-0.05, 0) is 27.7 Å². The molecule has 0 saturated heterocycles. The predicted octanol–water partition coefficient (Wildman–Crippen LogP) is 2.76. The van der Waals surface area contributed by atoms with Crippen LogP contribution in [-0.4, -0.2) is 22.6 Å². The first-order chi connectivity index (χ1) is 6.86. The second-order valence-corrected chi connectivity index (χ2v) is 4.90. The van der Waals surface area contributed by atoms with Gasteiger partial charge in [0.1, 0.15) is 11.6 Å². The predicted molar refractivity (Wildman–Crippen MR) is 64.5 cm³/mol. The number of halogens is 1. The summed E-state index contributed by atoms with van der Waals surface area (Å²) in [5.74, 6) is 2.13. The van der Waals surface area contributed by atoms with E-state index in [0.29, 0.717) is 5.88 Å². The maximum absolute atomic E-state index is 5.87. The first-order valence-corrected chi connectivity index (χ1v) is 5.52. The van der Waals surface area contributed by atoms with Gasteiger partial charge in [0.2, 0.25) is 0 Å². The van der Waals surface area contributed by atoms with E-state index in [2.05, 4.69) is 35.6 Å². The third-order valence-electron chi connectivity index (χ3n) is 2.43. The van der Waals surface area contributed by atoms with E-state index in [1.54, 1.807) is 6.20 Å². The van der Waals surface area contributed by atoms with Gasteiger partial charge in [-0.2, -0.15) is 0 Å². The van der Waals surface area contributed by atoms with Crippen molar-refractivity contribution in [2.24, 2.45) is 0 Å². The van der Waals surface area contributed by atoms with Crippen molar-refractivity contribution in [3.63, 3.8) is 0 Å². The average Bonchev–Trinajstić information content (AvgIpc) is 2.15. The first-order valence-electron chi connectivity index (χ1n) is 4.98. The number of nitrogens with zero attached hydrogens (tertiary/aromatic N) is 3. The summed E-state index contributed by atoms with van der Waals surface area (Å²) in [5.41, 5.74) is 1.00. The van der Waals surface area contributed by atoms with E-state index in [9.17, 15) is 0 Å². The monoisotopic (exact) mass is 227 g/mol. The van der Waals surface area contributed by atoms with Crippen molar-refractivity contribution in [3.8, 4) is 0 Å². The molecule has 0 amide bonds. The van der Waals surface area contributed by atoms with Gasteiger partial charge in [0.05, 0.1) is 5.88 Å². The molecule has 84 valence electrons. The Morgan fingerprint density at radius 3 is 2.47 bits per heavy atom. The third kappa shape index (κ3) is 2.81. The molecule has 1 rings (SSSR count). The van der Waals surface area contributed by atoms with E-state index < -0.39 is 0 Å². The van der Waals surface area contributed by atoms with Gasteiger partial charge in [-0.1, -0.05) is 0 Å². The summed E-state index contributed by atoms with van der Waals surface area (Å²) in [5, 5.41) is 0. The Bertz CT molecular complexity index is 344. The highest BCUT2D eigenvalue weighted by atomic mass is 35.5. The van der Waals surface area contributed by atoms with Gasteiger partial charge in [0.25, 0.3) is 0 Å². The van der Waals surface area contributed by atoms with E-state index in [1.807, 2.05) is 14.0 Å². The lowest BCUT2D eigenvalue weighted by Crippen LogP contribution is -2.39. The highest BCUT2D eigenvalue weighted by Crippen LogP contribution is 2.24. The molecule has 0 unspecified atom stereocenters. The molecule has 0 N–H and O–H groups in total. The number of rotatable bonds is 2. The van der Waals surface area contributed by atoms with Crippen LogP contribution < -0.4 is 4.90 Å². The Kier molecular flexibility index (Phi) is 3.55. The molecule has 0 saturated carbocycles. The Morgan fingerprint density at radius 2 is 2.00 bits per heavy atom. The number of hydrogen-bond donors (Lipinski definition) is 0. The van der Waals surface area contributed by atoms with Crippen LogP contribution in [-0.2, 0) is 5.88 Å². The fraction of sp³-hybridized carbons (Fsp3) is 0.636. The van der Waals surface area contributed by atoms with Crippen LogP contribution in [0.5, 0.6) is 0 Å². The molecule has 0 fully saturated rings. The summed E-state index contributed by atoms with van der Waals surface area (Å²) in [6, 6.07) is 0. The zero-order valence-corrected chi connectivity index (χ0v) is 10.8. The van der Waals surface area contributed by atoms with Crippen LogP contribution in [0.3, 0.4) is 0 Å². The molecule has 0 aromatic carbocycles. The van der Waals surface area contributed by atoms with Gasteiger partial charge >= 0.3 is 0 Å². The van der Waals surface area contributed by atoms with Gasteiger partial charge in [0, 0.05) is 24.3 Å². The summed E-state index contributed by atoms with van der Waals surface area (Å²) in [6.45, 7) is 8.31. The van der Waals surface area contributed by atoms with Crippen LogP contribution in [0, 0.1) is 6.92 Å². The normalized spacial score (nSPS) is 11.6. The SMILES string of the molecule is Cc1ncc(CCl)c(N(C)C(C)(C)C)n1. The molecule has 0 radical (unpaired) electrons. The minimum Gasteiger partial charge on any atom is -0.354 e. The minimum absolute atomic E-state index is 0.0294. The van der Waals surface area contributed by atoms with Gasteiger partial charge in [0.15, 0.2) is 0 Å². The van der Waals surface area contributed by atoms with Gasteiger partial charge < -0.3 is 4.90 Å².